The van der Waals surface area contributed by atoms with Gasteiger partial charge in [-0.25, -0.2) is 0 Å². The molecule has 0 saturated heterocycles. The lowest BCUT2D eigenvalue weighted by molar-refractivity contribution is -0.199. The third-order valence-corrected chi connectivity index (χ3v) is 7.26. The molecule has 2 N–H and O–H groups in total. The van der Waals surface area contributed by atoms with Crippen LogP contribution in [0, 0.1) is 17.3 Å². The van der Waals surface area contributed by atoms with E-state index in [4.69, 9.17) is 10.1 Å². The van der Waals surface area contributed by atoms with Crippen LogP contribution in [0.3, 0.4) is 0 Å². The average molecular weight is 347 g/mol. The van der Waals surface area contributed by atoms with Crippen molar-refractivity contribution >= 4 is 12.3 Å². The Kier molecular flexibility index (Phi) is 4.37. The van der Waals surface area contributed by atoms with E-state index in [-0.39, 0.29) is 0 Å². The van der Waals surface area contributed by atoms with E-state index in [0.717, 1.165) is 36.3 Å². The fraction of sp³-hybridized carbons (Fsp3) is 0.579. The molecule has 1 aromatic rings. The maximum atomic E-state index is 5.43. The summed E-state index contributed by atoms with van der Waals surface area (Å²) in [6.07, 6.45) is 8.81. The highest BCUT2D eigenvalue weighted by Gasteiger charge is 2.50. The largest absolute Gasteiger partial charge is 0.399 e. The smallest absolute Gasteiger partial charge is 0.260 e. The highest BCUT2D eigenvalue weighted by Crippen LogP contribution is 2.60. The van der Waals surface area contributed by atoms with Crippen LogP contribution in [0.4, 0.5) is 0 Å². The van der Waals surface area contributed by atoms with Gasteiger partial charge in [0.25, 0.3) is 12.3 Å². The van der Waals surface area contributed by atoms with Crippen LogP contribution in [-0.2, 0) is 15.7 Å². The molecule has 3 aliphatic rings. The van der Waals surface area contributed by atoms with Crippen molar-refractivity contribution < 1.29 is 13.5 Å². The van der Waals surface area contributed by atoms with Crippen LogP contribution in [0.5, 0.6) is 5.75 Å². The monoisotopic (exact) mass is 347 g/mol. The Balaban J connectivity index is 1.55. The molecular weight excluding hydrogens is 322 g/mol. The summed E-state index contributed by atoms with van der Waals surface area (Å²) in [5.74, 6) is 7.95. The van der Waals surface area contributed by atoms with Gasteiger partial charge in [-0.3, -0.25) is 0 Å². The molecule has 4 atom stereocenters. The quantitative estimate of drug-likeness (QED) is 0.277. The summed E-state index contributed by atoms with van der Waals surface area (Å²) in [6.45, 7) is 4.83. The van der Waals surface area contributed by atoms with Crippen molar-refractivity contribution in [3.63, 3.8) is 0 Å². The summed E-state index contributed by atoms with van der Waals surface area (Å²) >= 11 is 0.738. The number of rotatable bonds is 4. The number of fused-ring (bicyclic) bond motifs is 5. The summed E-state index contributed by atoms with van der Waals surface area (Å²) in [4.78, 5) is 4.04. The standard InChI is InChI=1S/C19H25NO3S/c1-12-3-8-18-17-6-4-13-11-14(21-24-23-22-20)5-7-15(13)16(17)9-10-19(12,18)2/h3,5,7,11,16-18H,4,6,8-10,20H2,1-2H3. The zero-order valence-corrected chi connectivity index (χ0v) is 15.1. The second kappa shape index (κ2) is 6.37. The Morgan fingerprint density at radius 2 is 2.17 bits per heavy atom. The fourth-order valence-corrected chi connectivity index (χ4v) is 5.70. The van der Waals surface area contributed by atoms with E-state index < -0.39 is 0 Å². The van der Waals surface area contributed by atoms with Crippen molar-refractivity contribution in [3.05, 3.63) is 41.0 Å². The van der Waals surface area contributed by atoms with Gasteiger partial charge in [0.1, 0.15) is 5.75 Å². The molecule has 0 heterocycles. The Labute approximate surface area is 148 Å². The number of allylic oxidation sites excluding steroid dienone is 2. The molecule has 130 valence electrons. The second-order valence-corrected chi connectivity index (χ2v) is 8.11. The molecule has 0 radical (unpaired) electrons. The van der Waals surface area contributed by atoms with Gasteiger partial charge in [0, 0.05) is 0 Å². The van der Waals surface area contributed by atoms with Gasteiger partial charge in [0.15, 0.2) is 0 Å². The molecule has 0 spiro atoms. The van der Waals surface area contributed by atoms with E-state index in [2.05, 4.69) is 41.4 Å². The third-order valence-electron chi connectivity index (χ3n) is 6.86. The molecule has 1 saturated carbocycles. The zero-order chi connectivity index (χ0) is 16.7. The minimum Gasteiger partial charge on any atom is -0.399 e. The Morgan fingerprint density at radius 1 is 1.29 bits per heavy atom. The Hall–Kier alpha value is -1.01. The van der Waals surface area contributed by atoms with E-state index in [1.807, 2.05) is 6.07 Å². The van der Waals surface area contributed by atoms with Crippen LogP contribution in [-0.4, -0.2) is 0 Å². The van der Waals surface area contributed by atoms with Crippen molar-refractivity contribution in [2.45, 2.75) is 51.9 Å². The predicted molar refractivity (Wildman–Crippen MR) is 94.8 cm³/mol. The van der Waals surface area contributed by atoms with Gasteiger partial charge in [-0.15, -0.1) is 9.32 Å². The van der Waals surface area contributed by atoms with E-state index in [9.17, 15) is 0 Å². The molecule has 4 unspecified atom stereocenters. The van der Waals surface area contributed by atoms with E-state index >= 15 is 0 Å². The molecule has 4 nitrogen and oxygen atoms in total. The first-order valence-electron chi connectivity index (χ1n) is 8.80. The minimum absolute atomic E-state index is 0.442. The number of aryl methyl sites for hydroxylation is 1. The molecule has 24 heavy (non-hydrogen) atoms. The first-order valence-corrected chi connectivity index (χ1v) is 9.47. The zero-order valence-electron chi connectivity index (χ0n) is 14.3. The van der Waals surface area contributed by atoms with Gasteiger partial charge in [0.2, 0.25) is 0 Å². The molecule has 0 aliphatic heterocycles. The maximum absolute atomic E-state index is 5.43. The van der Waals surface area contributed by atoms with Gasteiger partial charge < -0.3 is 4.18 Å². The van der Waals surface area contributed by atoms with Crippen molar-refractivity contribution in [1.82, 2.24) is 0 Å². The van der Waals surface area contributed by atoms with E-state index in [0.29, 0.717) is 11.3 Å². The second-order valence-electron chi connectivity index (χ2n) is 7.67. The van der Waals surface area contributed by atoms with Gasteiger partial charge in [-0.2, -0.15) is 5.90 Å². The predicted octanol–water partition coefficient (Wildman–Crippen LogP) is 4.86. The first kappa shape index (κ1) is 16.5. The minimum atomic E-state index is 0.442. The van der Waals surface area contributed by atoms with Gasteiger partial charge in [-0.1, -0.05) is 24.6 Å². The lowest BCUT2D eigenvalue weighted by Crippen LogP contribution is -2.40. The van der Waals surface area contributed by atoms with E-state index in [1.54, 1.807) is 5.57 Å². The number of benzene rings is 1. The van der Waals surface area contributed by atoms with Crippen LogP contribution in [0.2, 0.25) is 0 Å². The van der Waals surface area contributed by atoms with Crippen LogP contribution < -0.4 is 10.1 Å². The van der Waals surface area contributed by atoms with Crippen molar-refractivity contribution in [2.24, 2.45) is 23.1 Å². The molecule has 1 fully saturated rings. The van der Waals surface area contributed by atoms with Crippen LogP contribution in [0.15, 0.2) is 29.8 Å². The number of hydrogen-bond donors (Lipinski definition) is 1. The van der Waals surface area contributed by atoms with Gasteiger partial charge in [0.05, 0.1) is 0 Å². The first-order chi connectivity index (χ1) is 11.6. The SMILES string of the molecule is CC1=CCC2C3CCc4cc(OSOON)ccc4C3CCC12C. The Morgan fingerprint density at radius 3 is 3.00 bits per heavy atom. The lowest BCUT2D eigenvalue weighted by Gasteiger charge is -2.50. The summed E-state index contributed by atoms with van der Waals surface area (Å²) < 4.78 is 9.93. The number of nitrogens with two attached hydrogens (primary N) is 1. The summed E-state index contributed by atoms with van der Waals surface area (Å²) in [6, 6.07) is 6.42. The number of hydrogen-bond acceptors (Lipinski definition) is 5. The van der Waals surface area contributed by atoms with Gasteiger partial charge in [-0.05, 0) is 85.5 Å². The van der Waals surface area contributed by atoms with Crippen LogP contribution in [0.1, 0.15) is 56.6 Å². The van der Waals surface area contributed by atoms with Crippen molar-refractivity contribution in [1.29, 1.82) is 0 Å². The summed E-state index contributed by atoms with van der Waals surface area (Å²) in [5, 5.41) is 0. The fourth-order valence-electron chi connectivity index (χ4n) is 5.46. The molecule has 1 aromatic carbocycles. The van der Waals surface area contributed by atoms with Gasteiger partial charge >= 0.3 is 0 Å². The highest BCUT2D eigenvalue weighted by atomic mass is 32.2. The van der Waals surface area contributed by atoms with Crippen molar-refractivity contribution in [3.8, 4) is 5.75 Å². The van der Waals surface area contributed by atoms with E-state index in [1.165, 1.54) is 36.8 Å². The molecule has 0 amide bonds. The highest BCUT2D eigenvalue weighted by molar-refractivity contribution is 7.90. The topological polar surface area (TPSA) is 53.7 Å². The summed E-state index contributed by atoms with van der Waals surface area (Å²) in [5.41, 5.74) is 5.03. The summed E-state index contributed by atoms with van der Waals surface area (Å²) in [7, 11) is 0. The normalized spacial score (nSPS) is 34.1. The Bertz CT molecular complexity index is 662. The van der Waals surface area contributed by atoms with Crippen LogP contribution in [0.25, 0.3) is 0 Å². The molecule has 0 bridgehead atoms. The molecule has 0 aromatic heterocycles. The lowest BCUT2D eigenvalue weighted by atomic mass is 9.54. The van der Waals surface area contributed by atoms with Crippen molar-refractivity contribution in [2.75, 3.05) is 0 Å². The third kappa shape index (κ3) is 2.58. The molecular formula is C19H25NO3S. The molecule has 5 heteroatoms. The maximum Gasteiger partial charge on any atom is 0.260 e. The van der Waals surface area contributed by atoms with Crippen LogP contribution >= 0.6 is 12.3 Å². The molecule has 3 aliphatic carbocycles. The molecule has 4 rings (SSSR count). The average Bonchev–Trinajstić information content (AvgIpc) is 2.90.